The molecule has 1 aliphatic heterocycles. The zero-order valence-corrected chi connectivity index (χ0v) is 12.2. The van der Waals surface area contributed by atoms with Crippen LogP contribution >= 0.6 is 0 Å². The average molecular weight is 268 g/mol. The predicted molar refractivity (Wildman–Crippen MR) is 79.7 cm³/mol. The highest BCUT2D eigenvalue weighted by molar-refractivity contribution is 5.42. The highest BCUT2D eigenvalue weighted by Crippen LogP contribution is 2.42. The minimum absolute atomic E-state index is 0.181. The van der Waals surface area contributed by atoms with E-state index in [-0.39, 0.29) is 11.6 Å². The van der Waals surface area contributed by atoms with Crippen LogP contribution in [-0.4, -0.2) is 10.6 Å². The number of aromatic nitrogens is 1. The lowest BCUT2D eigenvalue weighted by Crippen LogP contribution is -2.39. The van der Waals surface area contributed by atoms with Crippen LogP contribution in [0.1, 0.15) is 36.8 Å². The Morgan fingerprint density at radius 3 is 2.75 bits per heavy atom. The van der Waals surface area contributed by atoms with Crippen LogP contribution in [0.15, 0.2) is 42.5 Å². The number of pyridine rings is 1. The molecular weight excluding hydrogens is 248 g/mol. The normalized spacial score (nSPS) is 19.4. The van der Waals surface area contributed by atoms with Gasteiger partial charge in [-0.05, 0) is 39.0 Å². The third-order valence-corrected chi connectivity index (χ3v) is 3.73. The van der Waals surface area contributed by atoms with Gasteiger partial charge >= 0.3 is 0 Å². The van der Waals surface area contributed by atoms with E-state index in [2.05, 4.69) is 42.3 Å². The largest absolute Gasteiger partial charge is 0.486 e. The first-order chi connectivity index (χ1) is 9.56. The summed E-state index contributed by atoms with van der Waals surface area (Å²) < 4.78 is 6.04. The van der Waals surface area contributed by atoms with Gasteiger partial charge in [0.2, 0.25) is 0 Å². The molecule has 1 aliphatic rings. The zero-order valence-electron chi connectivity index (χ0n) is 12.2. The number of nitrogens with one attached hydrogen (secondary N) is 1. The van der Waals surface area contributed by atoms with Crippen LogP contribution in [0.5, 0.6) is 5.75 Å². The molecule has 0 radical (unpaired) electrons. The fraction of sp³-hybridized carbons (Fsp3) is 0.353. The van der Waals surface area contributed by atoms with Gasteiger partial charge in [-0.3, -0.25) is 4.98 Å². The quantitative estimate of drug-likeness (QED) is 0.926. The van der Waals surface area contributed by atoms with E-state index < -0.39 is 0 Å². The molecule has 3 heteroatoms. The Hall–Kier alpha value is -1.87. The third kappa shape index (κ3) is 2.41. The Morgan fingerprint density at radius 2 is 1.95 bits per heavy atom. The number of rotatable bonds is 3. The summed E-state index contributed by atoms with van der Waals surface area (Å²) in [4.78, 5) is 4.53. The standard InChI is InChI=1S/C17H20N2O/c1-12-7-6-8-13(19-12)11-18-16-14-9-4-5-10-15(14)20-17(16,2)3/h4-10,16,18H,11H2,1-3H3. The van der Waals surface area contributed by atoms with Crippen molar-refractivity contribution in [2.75, 3.05) is 0 Å². The molecule has 3 rings (SSSR count). The van der Waals surface area contributed by atoms with Gasteiger partial charge in [-0.15, -0.1) is 0 Å². The fourth-order valence-corrected chi connectivity index (χ4v) is 2.79. The van der Waals surface area contributed by atoms with Crippen LogP contribution in [0.2, 0.25) is 0 Å². The van der Waals surface area contributed by atoms with E-state index in [9.17, 15) is 0 Å². The molecule has 1 aromatic heterocycles. The van der Waals surface area contributed by atoms with E-state index in [1.54, 1.807) is 0 Å². The Kier molecular flexibility index (Phi) is 3.22. The summed E-state index contributed by atoms with van der Waals surface area (Å²) in [5.74, 6) is 0.979. The lowest BCUT2D eigenvalue weighted by molar-refractivity contribution is 0.0956. The second kappa shape index (κ2) is 4.91. The third-order valence-electron chi connectivity index (χ3n) is 3.73. The second-order valence-electron chi connectivity index (χ2n) is 5.83. The van der Waals surface area contributed by atoms with Crippen LogP contribution in [0, 0.1) is 6.92 Å². The van der Waals surface area contributed by atoms with Crippen LogP contribution in [-0.2, 0) is 6.54 Å². The van der Waals surface area contributed by atoms with Gasteiger partial charge in [0.25, 0.3) is 0 Å². The molecule has 3 nitrogen and oxygen atoms in total. The number of para-hydroxylation sites is 1. The summed E-state index contributed by atoms with van der Waals surface area (Å²) in [6.45, 7) is 7.00. The number of fused-ring (bicyclic) bond motifs is 1. The van der Waals surface area contributed by atoms with Gasteiger partial charge in [-0.2, -0.15) is 0 Å². The number of aryl methyl sites for hydroxylation is 1. The van der Waals surface area contributed by atoms with Crippen molar-refractivity contribution in [2.24, 2.45) is 0 Å². The molecule has 1 atom stereocenters. The molecule has 1 unspecified atom stereocenters. The van der Waals surface area contributed by atoms with E-state index in [1.807, 2.05) is 31.2 Å². The molecule has 0 saturated heterocycles. The highest BCUT2D eigenvalue weighted by Gasteiger charge is 2.40. The maximum absolute atomic E-state index is 6.04. The van der Waals surface area contributed by atoms with E-state index in [1.165, 1.54) is 5.56 Å². The first-order valence-corrected chi connectivity index (χ1v) is 7.00. The van der Waals surface area contributed by atoms with Crippen molar-refractivity contribution in [3.05, 3.63) is 59.4 Å². The maximum Gasteiger partial charge on any atom is 0.125 e. The van der Waals surface area contributed by atoms with Crippen LogP contribution in [0.25, 0.3) is 0 Å². The van der Waals surface area contributed by atoms with Crippen molar-refractivity contribution in [2.45, 2.75) is 39.0 Å². The van der Waals surface area contributed by atoms with Crippen molar-refractivity contribution in [1.82, 2.24) is 10.3 Å². The topological polar surface area (TPSA) is 34.1 Å². The van der Waals surface area contributed by atoms with E-state index in [4.69, 9.17) is 4.74 Å². The molecular formula is C17H20N2O. The molecule has 0 spiro atoms. The Morgan fingerprint density at radius 1 is 1.15 bits per heavy atom. The second-order valence-corrected chi connectivity index (χ2v) is 5.83. The molecule has 0 fully saturated rings. The minimum Gasteiger partial charge on any atom is -0.486 e. The Labute approximate surface area is 120 Å². The van der Waals surface area contributed by atoms with E-state index >= 15 is 0 Å². The molecule has 20 heavy (non-hydrogen) atoms. The summed E-state index contributed by atoms with van der Waals surface area (Å²) in [7, 11) is 0. The lowest BCUT2D eigenvalue weighted by Gasteiger charge is -2.27. The fourth-order valence-electron chi connectivity index (χ4n) is 2.79. The van der Waals surface area contributed by atoms with Gasteiger partial charge in [-0.1, -0.05) is 24.3 Å². The maximum atomic E-state index is 6.04. The average Bonchev–Trinajstić information content (AvgIpc) is 2.66. The summed E-state index contributed by atoms with van der Waals surface area (Å²) in [6, 6.07) is 14.5. The molecule has 2 aromatic rings. The van der Waals surface area contributed by atoms with Crippen molar-refractivity contribution >= 4 is 0 Å². The van der Waals surface area contributed by atoms with Crippen molar-refractivity contribution in [3.8, 4) is 5.75 Å². The molecule has 2 heterocycles. The zero-order chi connectivity index (χ0) is 14.2. The first kappa shape index (κ1) is 13.1. The molecule has 0 amide bonds. The van der Waals surface area contributed by atoms with Gasteiger partial charge < -0.3 is 10.1 Å². The van der Waals surface area contributed by atoms with Crippen molar-refractivity contribution < 1.29 is 4.74 Å². The smallest absolute Gasteiger partial charge is 0.125 e. The summed E-state index contributed by atoms with van der Waals surface area (Å²) in [6.07, 6.45) is 0. The Balaban J connectivity index is 1.80. The van der Waals surface area contributed by atoms with Crippen LogP contribution < -0.4 is 10.1 Å². The lowest BCUT2D eigenvalue weighted by atomic mass is 9.94. The minimum atomic E-state index is -0.243. The van der Waals surface area contributed by atoms with Gasteiger partial charge in [0.05, 0.1) is 11.7 Å². The molecule has 1 N–H and O–H groups in total. The number of ether oxygens (including phenoxy) is 1. The highest BCUT2D eigenvalue weighted by atomic mass is 16.5. The van der Waals surface area contributed by atoms with Crippen molar-refractivity contribution in [1.29, 1.82) is 0 Å². The van der Waals surface area contributed by atoms with Crippen LogP contribution in [0.3, 0.4) is 0 Å². The van der Waals surface area contributed by atoms with E-state index in [0.717, 1.165) is 23.7 Å². The predicted octanol–water partition coefficient (Wildman–Crippen LogP) is 3.39. The molecule has 104 valence electrons. The number of hydrogen-bond acceptors (Lipinski definition) is 3. The molecule has 0 bridgehead atoms. The monoisotopic (exact) mass is 268 g/mol. The summed E-state index contributed by atoms with van der Waals surface area (Å²) >= 11 is 0. The van der Waals surface area contributed by atoms with E-state index in [0.29, 0.717) is 0 Å². The first-order valence-electron chi connectivity index (χ1n) is 7.00. The van der Waals surface area contributed by atoms with Gasteiger partial charge in [0, 0.05) is 17.8 Å². The summed E-state index contributed by atoms with van der Waals surface area (Å²) in [5.41, 5.74) is 3.09. The summed E-state index contributed by atoms with van der Waals surface area (Å²) in [5, 5.41) is 3.58. The molecule has 0 saturated carbocycles. The van der Waals surface area contributed by atoms with Crippen molar-refractivity contribution in [3.63, 3.8) is 0 Å². The number of nitrogens with zero attached hydrogens (tertiary/aromatic N) is 1. The molecule has 1 aromatic carbocycles. The van der Waals surface area contributed by atoms with Gasteiger partial charge in [0.15, 0.2) is 0 Å². The number of hydrogen-bond donors (Lipinski definition) is 1. The number of benzene rings is 1. The molecule has 0 aliphatic carbocycles. The van der Waals surface area contributed by atoms with Crippen LogP contribution in [0.4, 0.5) is 0 Å². The Bertz CT molecular complexity index is 622. The van der Waals surface area contributed by atoms with Gasteiger partial charge in [-0.25, -0.2) is 0 Å². The van der Waals surface area contributed by atoms with Gasteiger partial charge in [0.1, 0.15) is 11.4 Å². The SMILES string of the molecule is Cc1cccc(CNC2c3ccccc3OC2(C)C)n1.